The fourth-order valence-electron chi connectivity index (χ4n) is 3.60. The van der Waals surface area contributed by atoms with E-state index in [0.717, 1.165) is 27.9 Å². The van der Waals surface area contributed by atoms with E-state index in [1.54, 1.807) is 23.6 Å². The highest BCUT2D eigenvalue weighted by Crippen LogP contribution is 2.28. The zero-order valence-corrected chi connectivity index (χ0v) is 19.9. The van der Waals surface area contributed by atoms with Crippen LogP contribution < -0.4 is 16.4 Å². The Morgan fingerprint density at radius 2 is 1.82 bits per heavy atom. The third kappa shape index (κ3) is 5.68. The predicted octanol–water partition coefficient (Wildman–Crippen LogP) is 4.42. The zero-order chi connectivity index (χ0) is 24.1. The van der Waals surface area contributed by atoms with Gasteiger partial charge in [-0.05, 0) is 65.1 Å². The second kappa shape index (κ2) is 10.3. The molecule has 0 radical (unpaired) electrons. The van der Waals surface area contributed by atoms with Crippen molar-refractivity contribution in [1.29, 1.82) is 0 Å². The van der Waals surface area contributed by atoms with Gasteiger partial charge in [-0.3, -0.25) is 9.59 Å². The first-order valence-electron chi connectivity index (χ1n) is 10.9. The molecule has 0 bridgehead atoms. The molecule has 9 heteroatoms. The van der Waals surface area contributed by atoms with Crippen molar-refractivity contribution in [3.63, 3.8) is 0 Å². The molecule has 4 rings (SSSR count). The highest BCUT2D eigenvalue weighted by Gasteiger charge is 2.12. The van der Waals surface area contributed by atoms with Crippen molar-refractivity contribution in [2.75, 3.05) is 16.4 Å². The Bertz CT molecular complexity index is 1290. The smallest absolute Gasteiger partial charge is 0.246 e. The fourth-order valence-corrected chi connectivity index (χ4v) is 4.26. The van der Waals surface area contributed by atoms with E-state index in [-0.39, 0.29) is 24.8 Å². The number of anilines is 3. The molecule has 0 atom stereocenters. The summed E-state index contributed by atoms with van der Waals surface area (Å²) in [5.74, 6) is -0.357. The van der Waals surface area contributed by atoms with Crippen molar-refractivity contribution in [3.05, 3.63) is 76.2 Å². The number of aryl methyl sites for hydroxylation is 3. The number of para-hydroxylation sites is 1. The maximum Gasteiger partial charge on any atom is 0.246 e. The van der Waals surface area contributed by atoms with Crippen LogP contribution in [0.5, 0.6) is 0 Å². The first-order valence-corrected chi connectivity index (χ1v) is 11.8. The lowest BCUT2D eigenvalue weighted by atomic mass is 10.1. The molecule has 174 valence electrons. The van der Waals surface area contributed by atoms with Crippen LogP contribution in [0.3, 0.4) is 0 Å². The van der Waals surface area contributed by atoms with Gasteiger partial charge in [-0.1, -0.05) is 29.5 Å². The number of nitrogens with two attached hydrogens (primary N) is 1. The van der Waals surface area contributed by atoms with E-state index < -0.39 is 0 Å². The van der Waals surface area contributed by atoms with Gasteiger partial charge in [0.25, 0.3) is 0 Å². The lowest BCUT2D eigenvalue weighted by Crippen LogP contribution is -2.20. The minimum absolute atomic E-state index is 0.0406. The largest absolute Gasteiger partial charge is 0.397 e. The summed E-state index contributed by atoms with van der Waals surface area (Å²) in [4.78, 5) is 24.9. The van der Waals surface area contributed by atoms with E-state index in [1.807, 2.05) is 61.0 Å². The molecule has 2 heterocycles. The highest BCUT2D eigenvalue weighted by molar-refractivity contribution is 7.08. The number of nitrogens with one attached hydrogen (secondary N) is 2. The monoisotopic (exact) mass is 474 g/mol. The summed E-state index contributed by atoms with van der Waals surface area (Å²) in [7, 11) is 0. The van der Waals surface area contributed by atoms with E-state index in [2.05, 4.69) is 20.9 Å². The summed E-state index contributed by atoms with van der Waals surface area (Å²) >= 11 is 1.61. The summed E-state index contributed by atoms with van der Waals surface area (Å²) in [6.07, 6.45) is 2.30. The fraction of sp³-hybridized carbons (Fsp3) is 0.200. The average Bonchev–Trinajstić information content (AvgIpc) is 3.49. The van der Waals surface area contributed by atoms with Gasteiger partial charge >= 0.3 is 0 Å². The van der Waals surface area contributed by atoms with E-state index >= 15 is 0 Å². The van der Waals surface area contributed by atoms with Crippen LogP contribution in [0.1, 0.15) is 23.2 Å². The molecule has 0 aliphatic rings. The summed E-state index contributed by atoms with van der Waals surface area (Å²) in [5.41, 5.74) is 12.7. The SMILES string of the molecule is Cc1cccc(C)c1NC(=O)Cn1cc(CCC(=O)Nc2cc(-c3ccsc3)ccc2N)nn1. The van der Waals surface area contributed by atoms with Gasteiger partial charge in [-0.2, -0.15) is 11.3 Å². The molecule has 0 spiro atoms. The van der Waals surface area contributed by atoms with Gasteiger partial charge in [0.2, 0.25) is 11.8 Å². The van der Waals surface area contributed by atoms with Crippen LogP contribution in [-0.4, -0.2) is 26.8 Å². The highest BCUT2D eigenvalue weighted by atomic mass is 32.1. The van der Waals surface area contributed by atoms with Gasteiger partial charge in [0.05, 0.1) is 17.1 Å². The number of carbonyl (C=O) groups is 2. The van der Waals surface area contributed by atoms with Crippen LogP contribution in [0, 0.1) is 13.8 Å². The Balaban J connectivity index is 1.30. The first kappa shape index (κ1) is 23.2. The Labute approximate surface area is 201 Å². The van der Waals surface area contributed by atoms with E-state index in [9.17, 15) is 9.59 Å². The molecule has 2 aromatic heterocycles. The number of carbonyl (C=O) groups excluding carboxylic acids is 2. The van der Waals surface area contributed by atoms with Crippen molar-refractivity contribution in [1.82, 2.24) is 15.0 Å². The molecule has 34 heavy (non-hydrogen) atoms. The molecule has 4 aromatic rings. The number of hydrogen-bond acceptors (Lipinski definition) is 6. The predicted molar refractivity (Wildman–Crippen MR) is 136 cm³/mol. The molecule has 0 saturated heterocycles. The third-order valence-corrected chi connectivity index (χ3v) is 6.11. The summed E-state index contributed by atoms with van der Waals surface area (Å²) < 4.78 is 1.47. The number of nitrogens with zero attached hydrogens (tertiary/aromatic N) is 3. The minimum atomic E-state index is -0.187. The van der Waals surface area contributed by atoms with Crippen molar-refractivity contribution in [2.45, 2.75) is 33.2 Å². The Hall–Kier alpha value is -3.98. The zero-order valence-electron chi connectivity index (χ0n) is 19.0. The molecular weight excluding hydrogens is 448 g/mol. The normalized spacial score (nSPS) is 10.8. The molecular formula is C25H26N6O2S. The molecule has 8 nitrogen and oxygen atoms in total. The number of hydrogen-bond donors (Lipinski definition) is 3. The number of amides is 2. The summed E-state index contributed by atoms with van der Waals surface area (Å²) in [6.45, 7) is 3.94. The van der Waals surface area contributed by atoms with Gasteiger partial charge in [0, 0.05) is 24.7 Å². The van der Waals surface area contributed by atoms with Crippen molar-refractivity contribution in [2.24, 2.45) is 0 Å². The van der Waals surface area contributed by atoms with Crippen LogP contribution in [0.15, 0.2) is 59.4 Å². The Morgan fingerprint density at radius 3 is 2.56 bits per heavy atom. The van der Waals surface area contributed by atoms with E-state index in [0.29, 0.717) is 23.5 Å². The standard InChI is InChI=1S/C25H26N6O2S/c1-16-4-3-5-17(2)25(16)28-24(33)14-31-13-20(29-30-31)7-9-23(32)27-22-12-18(6-8-21(22)26)19-10-11-34-15-19/h3-6,8,10-13,15H,7,9,14,26H2,1-2H3,(H,27,32)(H,28,33). The minimum Gasteiger partial charge on any atom is -0.397 e. The topological polar surface area (TPSA) is 115 Å². The lowest BCUT2D eigenvalue weighted by molar-refractivity contribution is -0.117. The van der Waals surface area contributed by atoms with Crippen LogP contribution in [0.4, 0.5) is 17.1 Å². The molecule has 2 aromatic carbocycles. The quantitative estimate of drug-likeness (QED) is 0.327. The summed E-state index contributed by atoms with van der Waals surface area (Å²) in [5, 5.41) is 18.0. The van der Waals surface area contributed by atoms with Crippen molar-refractivity contribution in [3.8, 4) is 11.1 Å². The van der Waals surface area contributed by atoms with E-state index in [4.69, 9.17) is 5.73 Å². The molecule has 0 aliphatic carbocycles. The second-order valence-electron chi connectivity index (χ2n) is 8.08. The van der Waals surface area contributed by atoms with Crippen LogP contribution in [-0.2, 0) is 22.6 Å². The third-order valence-electron chi connectivity index (χ3n) is 5.43. The number of benzene rings is 2. The number of thiophene rings is 1. The van der Waals surface area contributed by atoms with Gasteiger partial charge in [0.15, 0.2) is 0 Å². The van der Waals surface area contributed by atoms with Gasteiger partial charge in [-0.15, -0.1) is 5.10 Å². The average molecular weight is 475 g/mol. The van der Waals surface area contributed by atoms with Crippen molar-refractivity contribution >= 4 is 40.2 Å². The first-order chi connectivity index (χ1) is 16.4. The Kier molecular flexibility index (Phi) is 7.03. The van der Waals surface area contributed by atoms with Crippen LogP contribution in [0.25, 0.3) is 11.1 Å². The molecule has 0 aliphatic heterocycles. The van der Waals surface area contributed by atoms with Gasteiger partial charge in [-0.25, -0.2) is 4.68 Å². The number of aromatic nitrogens is 3. The van der Waals surface area contributed by atoms with Crippen LogP contribution in [0.2, 0.25) is 0 Å². The van der Waals surface area contributed by atoms with Crippen LogP contribution >= 0.6 is 11.3 Å². The lowest BCUT2D eigenvalue weighted by Gasteiger charge is -2.11. The maximum atomic E-state index is 12.5. The maximum absolute atomic E-state index is 12.5. The molecule has 0 fully saturated rings. The molecule has 4 N–H and O–H groups in total. The van der Waals surface area contributed by atoms with E-state index in [1.165, 1.54) is 4.68 Å². The molecule has 0 saturated carbocycles. The number of rotatable bonds is 8. The summed E-state index contributed by atoms with van der Waals surface area (Å²) in [6, 6.07) is 13.5. The molecule has 2 amide bonds. The molecule has 0 unspecified atom stereocenters. The number of nitrogen functional groups attached to an aromatic ring is 1. The van der Waals surface area contributed by atoms with Gasteiger partial charge in [0.1, 0.15) is 6.54 Å². The van der Waals surface area contributed by atoms with Gasteiger partial charge < -0.3 is 16.4 Å². The second-order valence-corrected chi connectivity index (χ2v) is 8.86. The van der Waals surface area contributed by atoms with Crippen molar-refractivity contribution < 1.29 is 9.59 Å². The Morgan fingerprint density at radius 1 is 1.03 bits per heavy atom.